The molecule has 3 heterocycles. The monoisotopic (exact) mass is 291 g/mol. The van der Waals surface area contributed by atoms with Gasteiger partial charge in [-0.1, -0.05) is 12.8 Å². The van der Waals surface area contributed by atoms with Crippen LogP contribution in [0.1, 0.15) is 50.3 Å². The second kappa shape index (κ2) is 7.02. The second-order valence-electron chi connectivity index (χ2n) is 6.24. The lowest BCUT2D eigenvalue weighted by Crippen LogP contribution is -2.45. The standard InChI is InChI=1S/C15H25N5O/c21-14(11-19-7-3-1-2-4-8-19)20-9-5-6-13(10-20)15-16-12-17-18-15/h12-13H,1-11H2,(H,16,17,18). The van der Waals surface area contributed by atoms with Gasteiger partial charge in [0.2, 0.25) is 5.91 Å². The number of aromatic nitrogens is 3. The number of carbonyl (C=O) groups is 1. The molecule has 1 N–H and O–H groups in total. The molecule has 0 radical (unpaired) electrons. The van der Waals surface area contributed by atoms with Gasteiger partial charge < -0.3 is 4.90 Å². The summed E-state index contributed by atoms with van der Waals surface area (Å²) in [7, 11) is 0. The Morgan fingerprint density at radius 1 is 1.19 bits per heavy atom. The number of nitrogens with one attached hydrogen (secondary N) is 1. The molecular formula is C15H25N5O. The summed E-state index contributed by atoms with van der Waals surface area (Å²) in [5.41, 5.74) is 0. The Bertz CT molecular complexity index is 439. The van der Waals surface area contributed by atoms with E-state index < -0.39 is 0 Å². The predicted molar refractivity (Wildman–Crippen MR) is 79.8 cm³/mol. The number of hydrogen-bond acceptors (Lipinski definition) is 4. The van der Waals surface area contributed by atoms with Gasteiger partial charge in [0, 0.05) is 19.0 Å². The first-order chi connectivity index (χ1) is 10.3. The molecule has 6 heteroatoms. The number of amides is 1. The third kappa shape index (κ3) is 3.81. The zero-order chi connectivity index (χ0) is 14.5. The second-order valence-corrected chi connectivity index (χ2v) is 6.24. The number of aromatic amines is 1. The molecule has 0 aromatic carbocycles. The van der Waals surface area contributed by atoms with Gasteiger partial charge in [-0.2, -0.15) is 5.10 Å². The molecule has 0 spiro atoms. The minimum absolute atomic E-state index is 0.279. The highest BCUT2D eigenvalue weighted by Gasteiger charge is 2.27. The highest BCUT2D eigenvalue weighted by molar-refractivity contribution is 5.78. The quantitative estimate of drug-likeness (QED) is 0.914. The van der Waals surface area contributed by atoms with Crippen molar-refractivity contribution in [1.82, 2.24) is 25.0 Å². The van der Waals surface area contributed by atoms with Crippen LogP contribution in [0.15, 0.2) is 6.33 Å². The van der Waals surface area contributed by atoms with E-state index in [0.717, 1.165) is 44.8 Å². The zero-order valence-corrected chi connectivity index (χ0v) is 12.6. The van der Waals surface area contributed by atoms with E-state index in [-0.39, 0.29) is 5.91 Å². The number of H-pyrrole nitrogens is 1. The number of carbonyl (C=O) groups excluding carboxylic acids is 1. The van der Waals surface area contributed by atoms with Crippen molar-refractivity contribution in [2.24, 2.45) is 0 Å². The van der Waals surface area contributed by atoms with E-state index in [4.69, 9.17) is 0 Å². The fourth-order valence-electron chi connectivity index (χ4n) is 3.42. The molecule has 0 aliphatic carbocycles. The molecular weight excluding hydrogens is 266 g/mol. The summed E-state index contributed by atoms with van der Waals surface area (Å²) >= 11 is 0. The first-order valence-electron chi connectivity index (χ1n) is 8.18. The van der Waals surface area contributed by atoms with Crippen molar-refractivity contribution in [1.29, 1.82) is 0 Å². The lowest BCUT2D eigenvalue weighted by atomic mass is 9.97. The maximum atomic E-state index is 12.5. The first-order valence-corrected chi connectivity index (χ1v) is 8.18. The van der Waals surface area contributed by atoms with Gasteiger partial charge in [-0.25, -0.2) is 4.98 Å². The Balaban J connectivity index is 1.54. The van der Waals surface area contributed by atoms with Crippen molar-refractivity contribution in [3.05, 3.63) is 12.2 Å². The largest absolute Gasteiger partial charge is 0.341 e. The van der Waals surface area contributed by atoms with Crippen molar-refractivity contribution < 1.29 is 4.79 Å². The van der Waals surface area contributed by atoms with Crippen LogP contribution in [0.2, 0.25) is 0 Å². The maximum absolute atomic E-state index is 12.5. The molecule has 1 aromatic heterocycles. The van der Waals surface area contributed by atoms with E-state index >= 15 is 0 Å². The minimum Gasteiger partial charge on any atom is -0.341 e. The summed E-state index contributed by atoms with van der Waals surface area (Å²) in [6, 6.07) is 0. The maximum Gasteiger partial charge on any atom is 0.236 e. The molecule has 0 saturated carbocycles. The van der Waals surface area contributed by atoms with E-state index in [1.165, 1.54) is 25.7 Å². The number of likely N-dealkylation sites (tertiary alicyclic amines) is 2. The summed E-state index contributed by atoms with van der Waals surface area (Å²) in [5, 5.41) is 6.87. The average Bonchev–Trinajstić information content (AvgIpc) is 2.93. The van der Waals surface area contributed by atoms with Crippen LogP contribution in [-0.2, 0) is 4.79 Å². The lowest BCUT2D eigenvalue weighted by molar-refractivity contribution is -0.133. The molecule has 116 valence electrons. The molecule has 21 heavy (non-hydrogen) atoms. The van der Waals surface area contributed by atoms with Crippen LogP contribution in [0.3, 0.4) is 0 Å². The van der Waals surface area contributed by atoms with E-state index in [1.807, 2.05) is 4.90 Å². The highest BCUT2D eigenvalue weighted by atomic mass is 16.2. The smallest absolute Gasteiger partial charge is 0.236 e. The van der Waals surface area contributed by atoms with E-state index in [0.29, 0.717) is 12.5 Å². The third-order valence-electron chi connectivity index (χ3n) is 4.65. The Morgan fingerprint density at radius 3 is 2.71 bits per heavy atom. The summed E-state index contributed by atoms with van der Waals surface area (Å²) in [6.07, 6.45) is 8.76. The molecule has 1 unspecified atom stereocenters. The van der Waals surface area contributed by atoms with Crippen molar-refractivity contribution in [2.75, 3.05) is 32.7 Å². The van der Waals surface area contributed by atoms with Crippen LogP contribution in [0.25, 0.3) is 0 Å². The van der Waals surface area contributed by atoms with Crippen molar-refractivity contribution >= 4 is 5.91 Å². The normalized spacial score (nSPS) is 24.8. The molecule has 1 atom stereocenters. The van der Waals surface area contributed by atoms with Crippen molar-refractivity contribution in [3.8, 4) is 0 Å². The van der Waals surface area contributed by atoms with Gasteiger partial charge in [0.05, 0.1) is 6.54 Å². The molecule has 2 fully saturated rings. The number of piperidine rings is 1. The summed E-state index contributed by atoms with van der Waals surface area (Å²) in [5.74, 6) is 1.51. The van der Waals surface area contributed by atoms with Gasteiger partial charge in [-0.3, -0.25) is 14.8 Å². The Labute approximate surface area is 125 Å². The number of nitrogens with zero attached hydrogens (tertiary/aromatic N) is 4. The number of hydrogen-bond donors (Lipinski definition) is 1. The highest BCUT2D eigenvalue weighted by Crippen LogP contribution is 2.24. The van der Waals surface area contributed by atoms with Crippen LogP contribution in [0.4, 0.5) is 0 Å². The molecule has 1 amide bonds. The van der Waals surface area contributed by atoms with Crippen LogP contribution in [0.5, 0.6) is 0 Å². The summed E-state index contributed by atoms with van der Waals surface area (Å²) < 4.78 is 0. The fraction of sp³-hybridized carbons (Fsp3) is 0.800. The molecule has 2 aliphatic rings. The molecule has 1 aromatic rings. The summed E-state index contributed by atoms with van der Waals surface area (Å²) in [4.78, 5) is 21.1. The van der Waals surface area contributed by atoms with Crippen LogP contribution < -0.4 is 0 Å². The van der Waals surface area contributed by atoms with Crippen LogP contribution in [-0.4, -0.2) is 63.6 Å². The van der Waals surface area contributed by atoms with E-state index in [2.05, 4.69) is 20.1 Å². The van der Waals surface area contributed by atoms with Crippen molar-refractivity contribution in [3.63, 3.8) is 0 Å². The average molecular weight is 291 g/mol. The van der Waals surface area contributed by atoms with E-state index in [1.54, 1.807) is 6.33 Å². The fourth-order valence-corrected chi connectivity index (χ4v) is 3.42. The predicted octanol–water partition coefficient (Wildman–Crippen LogP) is 1.39. The van der Waals surface area contributed by atoms with Crippen LogP contribution >= 0.6 is 0 Å². The number of rotatable bonds is 3. The summed E-state index contributed by atoms with van der Waals surface area (Å²) in [6.45, 7) is 4.40. The molecule has 0 bridgehead atoms. The SMILES string of the molecule is O=C(CN1CCCCCC1)N1CCCC(c2ncn[nH]2)C1. The van der Waals surface area contributed by atoms with Gasteiger partial charge in [-0.05, 0) is 38.8 Å². The zero-order valence-electron chi connectivity index (χ0n) is 12.6. The Kier molecular flexibility index (Phi) is 4.85. The molecule has 6 nitrogen and oxygen atoms in total. The lowest BCUT2D eigenvalue weighted by Gasteiger charge is -2.33. The van der Waals surface area contributed by atoms with Gasteiger partial charge in [0.25, 0.3) is 0 Å². The minimum atomic E-state index is 0.279. The van der Waals surface area contributed by atoms with Gasteiger partial charge in [0.15, 0.2) is 0 Å². The van der Waals surface area contributed by atoms with Gasteiger partial charge in [-0.15, -0.1) is 0 Å². The third-order valence-corrected chi connectivity index (χ3v) is 4.65. The Morgan fingerprint density at radius 2 is 2.00 bits per heavy atom. The topological polar surface area (TPSA) is 65.1 Å². The molecule has 2 aliphatic heterocycles. The van der Waals surface area contributed by atoms with Crippen molar-refractivity contribution in [2.45, 2.75) is 44.4 Å². The first kappa shape index (κ1) is 14.5. The van der Waals surface area contributed by atoms with Gasteiger partial charge >= 0.3 is 0 Å². The van der Waals surface area contributed by atoms with E-state index in [9.17, 15) is 4.79 Å². The van der Waals surface area contributed by atoms with Gasteiger partial charge in [0.1, 0.15) is 12.2 Å². The molecule has 3 rings (SSSR count). The van der Waals surface area contributed by atoms with Crippen LogP contribution in [0, 0.1) is 0 Å². The molecule has 2 saturated heterocycles. The Hall–Kier alpha value is -1.43.